The van der Waals surface area contributed by atoms with Gasteiger partial charge >= 0.3 is 12.7 Å². The number of nitrogens with one attached hydrogen (secondary N) is 1. The molecule has 2 saturated heterocycles. The Morgan fingerprint density at radius 2 is 1.84 bits per heavy atom. The minimum absolute atomic E-state index is 0.106. The van der Waals surface area contributed by atoms with E-state index in [2.05, 4.69) is 25.4 Å². The maximum Gasteiger partial charge on any atom is 0.409 e. The van der Waals surface area contributed by atoms with E-state index in [9.17, 15) is 23.2 Å². The number of benzene rings is 1. The van der Waals surface area contributed by atoms with E-state index in [1.807, 2.05) is 6.92 Å². The number of piperidine rings is 1. The van der Waals surface area contributed by atoms with Crippen LogP contribution in [0.15, 0.2) is 49.1 Å². The highest BCUT2D eigenvalue weighted by atomic mass is 19.3. The number of aromatic nitrogens is 5. The molecular weight excluding hydrogens is 640 g/mol. The summed E-state index contributed by atoms with van der Waals surface area (Å²) < 4.78 is 39.4. The molecule has 0 aliphatic carbocycles. The van der Waals surface area contributed by atoms with Gasteiger partial charge in [0, 0.05) is 70.0 Å². The van der Waals surface area contributed by atoms with Gasteiger partial charge in [0.25, 0.3) is 5.91 Å². The lowest BCUT2D eigenvalue weighted by Crippen LogP contribution is -2.50. The van der Waals surface area contributed by atoms with Gasteiger partial charge in [-0.2, -0.15) is 19.0 Å². The molecule has 0 unspecified atom stereocenters. The number of carbonyl (C=O) groups is 3. The molecule has 3 amide bonds. The Labute approximate surface area is 281 Å². The van der Waals surface area contributed by atoms with Gasteiger partial charge in [-0.3, -0.25) is 19.2 Å². The number of carbonyl (C=O) groups excluding carboxylic acids is 3. The van der Waals surface area contributed by atoms with Gasteiger partial charge in [0.15, 0.2) is 5.65 Å². The SMILES string of the molecule is CCc1ccc(OC(F)F)c(-c2nn(CC(=O)N3CCC(CN4CCN(C(=O)OC)CC4)CC3)cc2NC(=O)c2cnn3cccnc23)c1. The van der Waals surface area contributed by atoms with Crippen LogP contribution in [-0.4, -0.2) is 117 Å². The lowest BCUT2D eigenvalue weighted by molar-refractivity contribution is -0.133. The van der Waals surface area contributed by atoms with Gasteiger partial charge in [0.2, 0.25) is 5.91 Å². The first kappa shape index (κ1) is 33.8. The first-order chi connectivity index (χ1) is 23.7. The minimum atomic E-state index is -3.08. The van der Waals surface area contributed by atoms with Gasteiger partial charge in [-0.1, -0.05) is 13.0 Å². The number of hydrogen-bond acceptors (Lipinski definition) is 9. The Bertz CT molecular complexity index is 1800. The summed E-state index contributed by atoms with van der Waals surface area (Å²) in [6.07, 6.45) is 8.14. The Morgan fingerprint density at radius 1 is 1.06 bits per heavy atom. The third-order valence-corrected chi connectivity index (χ3v) is 9.04. The number of piperazine rings is 1. The van der Waals surface area contributed by atoms with Crippen molar-refractivity contribution in [3.63, 3.8) is 0 Å². The van der Waals surface area contributed by atoms with Crippen molar-refractivity contribution in [2.24, 2.45) is 5.92 Å². The Morgan fingerprint density at radius 3 is 2.55 bits per heavy atom. The van der Waals surface area contributed by atoms with E-state index in [4.69, 9.17) is 9.47 Å². The average molecular weight is 680 g/mol. The number of fused-ring (bicyclic) bond motifs is 1. The zero-order valence-corrected chi connectivity index (χ0v) is 27.4. The van der Waals surface area contributed by atoms with E-state index in [0.29, 0.717) is 44.2 Å². The van der Waals surface area contributed by atoms with Crippen LogP contribution in [0.25, 0.3) is 16.9 Å². The monoisotopic (exact) mass is 679 g/mol. The van der Waals surface area contributed by atoms with Crippen LogP contribution in [-0.2, 0) is 22.5 Å². The maximum atomic E-state index is 13.5. The number of nitrogens with zero attached hydrogens (tertiary/aromatic N) is 8. The third-order valence-electron chi connectivity index (χ3n) is 9.04. The van der Waals surface area contributed by atoms with Gasteiger partial charge in [-0.25, -0.2) is 14.3 Å². The summed E-state index contributed by atoms with van der Waals surface area (Å²) in [5.41, 5.74) is 2.04. The van der Waals surface area contributed by atoms with Crippen molar-refractivity contribution in [1.82, 2.24) is 39.1 Å². The van der Waals surface area contributed by atoms with Gasteiger partial charge in [-0.15, -0.1) is 0 Å². The molecule has 2 aliphatic rings. The number of anilines is 1. The molecule has 14 nitrogen and oxygen atoms in total. The van der Waals surface area contributed by atoms with E-state index >= 15 is 0 Å². The van der Waals surface area contributed by atoms with Crippen LogP contribution < -0.4 is 10.1 Å². The minimum Gasteiger partial charge on any atom is -0.453 e. The van der Waals surface area contributed by atoms with Crippen LogP contribution >= 0.6 is 0 Å². The van der Waals surface area contributed by atoms with Gasteiger partial charge in [0.1, 0.15) is 23.6 Å². The molecule has 1 aromatic carbocycles. The zero-order valence-electron chi connectivity index (χ0n) is 27.4. The van der Waals surface area contributed by atoms with Gasteiger partial charge in [-0.05, 0) is 48.9 Å². The summed E-state index contributed by atoms with van der Waals surface area (Å²) in [6, 6.07) is 6.52. The molecule has 5 heterocycles. The van der Waals surface area contributed by atoms with Crippen LogP contribution in [0, 0.1) is 5.92 Å². The quantitative estimate of drug-likeness (QED) is 0.266. The smallest absolute Gasteiger partial charge is 0.409 e. The van der Waals surface area contributed by atoms with Crippen LogP contribution in [0.4, 0.5) is 19.3 Å². The number of alkyl halides is 2. The molecule has 0 spiro atoms. The summed E-state index contributed by atoms with van der Waals surface area (Å²) in [5.74, 6) is -0.348. The lowest BCUT2D eigenvalue weighted by Gasteiger charge is -2.38. The zero-order chi connectivity index (χ0) is 34.5. The van der Waals surface area contributed by atoms with E-state index in [1.54, 1.807) is 40.4 Å². The summed E-state index contributed by atoms with van der Waals surface area (Å²) in [5, 5.41) is 11.6. The topological polar surface area (TPSA) is 139 Å². The second-order valence-electron chi connectivity index (χ2n) is 12.1. The number of ether oxygens (including phenoxy) is 2. The molecular formula is C33H39F2N9O5. The first-order valence-electron chi connectivity index (χ1n) is 16.3. The fourth-order valence-electron chi connectivity index (χ4n) is 6.36. The van der Waals surface area contributed by atoms with E-state index < -0.39 is 12.5 Å². The average Bonchev–Trinajstić information content (AvgIpc) is 3.72. The summed E-state index contributed by atoms with van der Waals surface area (Å²) in [7, 11) is 1.39. The fourth-order valence-corrected chi connectivity index (χ4v) is 6.36. The van der Waals surface area contributed by atoms with Crippen molar-refractivity contribution in [2.45, 2.75) is 39.3 Å². The Kier molecular flexibility index (Phi) is 10.3. The standard InChI is InChI=1S/C33H39F2N9O5/c1-3-22-5-6-27(49-32(34)35)24(17-22)29-26(38-31(46)25-18-37-44-10-4-9-36-30(25)44)20-43(39-29)21-28(45)41-11-7-23(8-12-41)19-40-13-15-42(16-14-40)33(47)48-2/h4-6,9-10,17-18,20,23,32H,3,7-8,11-16,19,21H2,1-2H3,(H,38,46). The van der Waals surface area contributed by atoms with Crippen molar-refractivity contribution in [2.75, 3.05) is 58.2 Å². The number of hydrogen-bond donors (Lipinski definition) is 1. The van der Waals surface area contributed by atoms with Crippen molar-refractivity contribution >= 4 is 29.2 Å². The predicted octanol–water partition coefficient (Wildman–Crippen LogP) is 3.63. The van der Waals surface area contributed by atoms with Crippen molar-refractivity contribution in [3.8, 4) is 17.0 Å². The Hall–Kier alpha value is -5.12. The van der Waals surface area contributed by atoms with Crippen LogP contribution in [0.2, 0.25) is 0 Å². The molecule has 0 saturated carbocycles. The number of halogens is 2. The predicted molar refractivity (Wildman–Crippen MR) is 174 cm³/mol. The van der Waals surface area contributed by atoms with Gasteiger partial charge < -0.3 is 24.6 Å². The van der Waals surface area contributed by atoms with Crippen LogP contribution in [0.3, 0.4) is 0 Å². The molecule has 6 rings (SSSR count). The largest absolute Gasteiger partial charge is 0.453 e. The number of methoxy groups -OCH3 is 1. The van der Waals surface area contributed by atoms with Crippen molar-refractivity contribution < 1.29 is 32.6 Å². The van der Waals surface area contributed by atoms with E-state index in [1.165, 1.54) is 34.8 Å². The van der Waals surface area contributed by atoms with Crippen molar-refractivity contribution in [1.29, 1.82) is 0 Å². The molecule has 1 N–H and O–H groups in total. The molecule has 4 aromatic rings. The maximum absolute atomic E-state index is 13.5. The highest BCUT2D eigenvalue weighted by Crippen LogP contribution is 2.36. The lowest BCUT2D eigenvalue weighted by atomic mass is 9.96. The molecule has 260 valence electrons. The summed E-state index contributed by atoms with van der Waals surface area (Å²) in [4.78, 5) is 48.9. The molecule has 49 heavy (non-hydrogen) atoms. The second-order valence-corrected chi connectivity index (χ2v) is 12.1. The summed E-state index contributed by atoms with van der Waals surface area (Å²) in [6.45, 7) is 3.67. The second kappa shape index (κ2) is 15.0. The molecule has 2 fully saturated rings. The highest BCUT2D eigenvalue weighted by molar-refractivity contribution is 6.09. The number of likely N-dealkylation sites (tertiary alicyclic amines) is 1. The number of amides is 3. The fraction of sp³-hybridized carbons (Fsp3) is 0.455. The molecule has 0 atom stereocenters. The third kappa shape index (κ3) is 7.80. The van der Waals surface area contributed by atoms with E-state index in [-0.39, 0.29) is 46.8 Å². The molecule has 0 radical (unpaired) electrons. The van der Waals surface area contributed by atoms with E-state index in [0.717, 1.165) is 38.0 Å². The van der Waals surface area contributed by atoms with Crippen molar-refractivity contribution in [3.05, 3.63) is 60.2 Å². The van der Waals surface area contributed by atoms with Crippen LogP contribution in [0.5, 0.6) is 5.75 Å². The normalized spacial score (nSPS) is 15.9. The Balaban J connectivity index is 1.17. The molecule has 3 aromatic heterocycles. The van der Waals surface area contributed by atoms with Crippen LogP contribution in [0.1, 0.15) is 35.7 Å². The first-order valence-corrected chi connectivity index (χ1v) is 16.3. The molecule has 0 bridgehead atoms. The number of aryl methyl sites for hydroxylation is 1. The molecule has 2 aliphatic heterocycles. The molecule has 16 heteroatoms. The summed E-state index contributed by atoms with van der Waals surface area (Å²) >= 11 is 0. The number of rotatable bonds is 10. The highest BCUT2D eigenvalue weighted by Gasteiger charge is 2.28. The van der Waals surface area contributed by atoms with Gasteiger partial charge in [0.05, 0.1) is 19.0 Å².